The molecule has 0 saturated heterocycles. The molecule has 0 fully saturated rings. The average molecular weight is 385 g/mol. The molecule has 0 unspecified atom stereocenters. The van der Waals surface area contributed by atoms with Gasteiger partial charge in [-0.15, -0.1) is 11.3 Å². The Labute approximate surface area is 165 Å². The first-order valence-corrected chi connectivity index (χ1v) is 10.2. The Bertz CT molecular complexity index is 923. The molecular weight excluding hydrogens is 356 g/mol. The van der Waals surface area contributed by atoms with Gasteiger partial charge >= 0.3 is 0 Å². The Morgan fingerprint density at radius 3 is 2.59 bits per heavy atom. The number of carbonyl (C=O) groups excluding carboxylic acids is 1. The van der Waals surface area contributed by atoms with Crippen molar-refractivity contribution in [2.24, 2.45) is 5.92 Å². The van der Waals surface area contributed by atoms with Crippen molar-refractivity contribution in [2.45, 2.75) is 53.6 Å². The lowest BCUT2D eigenvalue weighted by atomic mass is 10.1. The van der Waals surface area contributed by atoms with E-state index in [4.69, 9.17) is 4.98 Å². The van der Waals surface area contributed by atoms with Crippen LogP contribution in [0.3, 0.4) is 0 Å². The number of rotatable bonds is 6. The molecule has 3 rings (SSSR count). The van der Waals surface area contributed by atoms with E-state index in [2.05, 4.69) is 31.9 Å². The number of carbonyl (C=O) groups is 1. The van der Waals surface area contributed by atoms with Gasteiger partial charge < -0.3 is 4.90 Å². The van der Waals surface area contributed by atoms with Gasteiger partial charge in [0.15, 0.2) is 0 Å². The molecule has 0 N–H and O–H groups in total. The number of para-hydroxylation sites is 1. The second kappa shape index (κ2) is 7.80. The number of hydrogen-bond donors (Lipinski definition) is 0. The normalized spacial score (nSPS) is 12.7. The maximum absolute atomic E-state index is 12.9. The molecule has 1 amide bonds. The van der Waals surface area contributed by atoms with Gasteiger partial charge in [0, 0.05) is 24.8 Å². The Balaban J connectivity index is 1.76. The zero-order valence-electron chi connectivity index (χ0n) is 17.0. The van der Waals surface area contributed by atoms with Crippen LogP contribution in [0.4, 0.5) is 0 Å². The summed E-state index contributed by atoms with van der Waals surface area (Å²) in [5.74, 6) is 0.616. The average Bonchev–Trinajstić information content (AvgIpc) is 3.16. The van der Waals surface area contributed by atoms with Crippen molar-refractivity contribution < 1.29 is 4.79 Å². The third-order valence-corrected chi connectivity index (χ3v) is 6.25. The maximum Gasteiger partial charge on any atom is 0.227 e. The lowest BCUT2D eigenvalue weighted by Gasteiger charge is -2.23. The molecule has 0 saturated carbocycles. The minimum absolute atomic E-state index is 0.0544. The van der Waals surface area contributed by atoms with Gasteiger partial charge in [0.2, 0.25) is 5.91 Å². The molecule has 0 spiro atoms. The molecule has 2 aromatic heterocycles. The third kappa shape index (κ3) is 4.05. The second-order valence-corrected chi connectivity index (χ2v) is 8.66. The van der Waals surface area contributed by atoms with Crippen LogP contribution in [0, 0.1) is 19.8 Å². The molecule has 3 aromatic rings. The van der Waals surface area contributed by atoms with Crippen LogP contribution in [0.15, 0.2) is 24.3 Å². The van der Waals surface area contributed by atoms with Crippen LogP contribution < -0.4 is 0 Å². The lowest BCUT2D eigenvalue weighted by Crippen LogP contribution is -2.31. The topological polar surface area (TPSA) is 51.0 Å². The minimum Gasteiger partial charge on any atom is -0.336 e. The van der Waals surface area contributed by atoms with E-state index >= 15 is 0 Å². The number of likely N-dealkylation sites (N-methyl/N-ethyl adjacent to an activating group) is 1. The van der Waals surface area contributed by atoms with E-state index in [-0.39, 0.29) is 11.9 Å². The number of amides is 1. The van der Waals surface area contributed by atoms with E-state index in [1.807, 2.05) is 43.8 Å². The zero-order valence-corrected chi connectivity index (χ0v) is 17.8. The Hall–Kier alpha value is -2.21. The highest BCUT2D eigenvalue weighted by Gasteiger charge is 2.23. The summed E-state index contributed by atoms with van der Waals surface area (Å²) in [7, 11) is 1.86. The smallest absolute Gasteiger partial charge is 0.227 e. The second-order valence-electron chi connectivity index (χ2n) is 7.60. The highest BCUT2D eigenvalue weighted by Crippen LogP contribution is 2.29. The van der Waals surface area contributed by atoms with Gasteiger partial charge in [-0.2, -0.15) is 5.10 Å². The third-order valence-electron chi connectivity index (χ3n) is 5.04. The van der Waals surface area contributed by atoms with Gasteiger partial charge in [-0.25, -0.2) is 4.98 Å². The Kier molecular flexibility index (Phi) is 5.65. The predicted molar refractivity (Wildman–Crippen MR) is 111 cm³/mol. The van der Waals surface area contributed by atoms with Crippen molar-refractivity contribution in [1.29, 1.82) is 0 Å². The predicted octanol–water partition coefficient (Wildman–Crippen LogP) is 4.53. The Morgan fingerprint density at radius 1 is 1.22 bits per heavy atom. The van der Waals surface area contributed by atoms with E-state index < -0.39 is 0 Å². The highest BCUT2D eigenvalue weighted by atomic mass is 32.1. The molecule has 27 heavy (non-hydrogen) atoms. The minimum atomic E-state index is -0.0544. The van der Waals surface area contributed by atoms with Crippen LogP contribution in [0.5, 0.6) is 0 Å². The quantitative estimate of drug-likeness (QED) is 0.627. The number of aromatic nitrogens is 3. The van der Waals surface area contributed by atoms with Gasteiger partial charge in [0.05, 0.1) is 28.4 Å². The van der Waals surface area contributed by atoms with Crippen molar-refractivity contribution in [3.63, 3.8) is 0 Å². The fourth-order valence-corrected chi connectivity index (χ4v) is 4.30. The summed E-state index contributed by atoms with van der Waals surface area (Å²) in [6.45, 7) is 11.3. The van der Waals surface area contributed by atoms with Gasteiger partial charge in [0.25, 0.3) is 0 Å². The van der Waals surface area contributed by atoms with Gasteiger partial charge in [-0.1, -0.05) is 26.0 Å². The molecule has 0 aliphatic rings. The SMILES string of the molecule is Cc1nn(CC(C)C)c(C)c1CC(=O)N(C)[C@H](C)c1nc2ccccc2s1. The van der Waals surface area contributed by atoms with Gasteiger partial charge in [0.1, 0.15) is 5.01 Å². The summed E-state index contributed by atoms with van der Waals surface area (Å²) in [5.41, 5.74) is 4.08. The van der Waals surface area contributed by atoms with Crippen molar-refractivity contribution in [1.82, 2.24) is 19.7 Å². The van der Waals surface area contributed by atoms with Gasteiger partial charge in [-0.05, 0) is 38.8 Å². The zero-order chi connectivity index (χ0) is 19.7. The molecule has 0 bridgehead atoms. The largest absolute Gasteiger partial charge is 0.336 e. The van der Waals surface area contributed by atoms with Crippen molar-refractivity contribution in [2.75, 3.05) is 7.05 Å². The number of benzene rings is 1. The van der Waals surface area contributed by atoms with Crippen LogP contribution >= 0.6 is 11.3 Å². The molecule has 1 atom stereocenters. The molecule has 1 aromatic carbocycles. The Morgan fingerprint density at radius 2 is 1.93 bits per heavy atom. The number of aryl methyl sites for hydroxylation is 1. The van der Waals surface area contributed by atoms with Crippen LogP contribution in [0.2, 0.25) is 0 Å². The van der Waals surface area contributed by atoms with Crippen LogP contribution in [0.1, 0.15) is 48.8 Å². The maximum atomic E-state index is 12.9. The summed E-state index contributed by atoms with van der Waals surface area (Å²) >= 11 is 1.65. The summed E-state index contributed by atoms with van der Waals surface area (Å²) in [5, 5.41) is 5.60. The summed E-state index contributed by atoms with van der Waals surface area (Å²) < 4.78 is 3.18. The monoisotopic (exact) mass is 384 g/mol. The highest BCUT2D eigenvalue weighted by molar-refractivity contribution is 7.18. The lowest BCUT2D eigenvalue weighted by molar-refractivity contribution is -0.131. The van der Waals surface area contributed by atoms with Crippen LogP contribution in [-0.2, 0) is 17.8 Å². The fourth-order valence-electron chi connectivity index (χ4n) is 3.24. The molecule has 0 aliphatic heterocycles. The summed E-state index contributed by atoms with van der Waals surface area (Å²) in [4.78, 5) is 19.4. The van der Waals surface area contributed by atoms with E-state index in [0.29, 0.717) is 12.3 Å². The molecule has 0 aliphatic carbocycles. The van der Waals surface area contributed by atoms with Crippen molar-refractivity contribution >= 4 is 27.5 Å². The first-order valence-electron chi connectivity index (χ1n) is 9.42. The molecule has 5 nitrogen and oxygen atoms in total. The number of fused-ring (bicyclic) bond motifs is 1. The first kappa shape index (κ1) is 19.5. The molecule has 144 valence electrons. The summed E-state index contributed by atoms with van der Waals surface area (Å²) in [6, 6.07) is 8.04. The van der Waals surface area contributed by atoms with Gasteiger partial charge in [-0.3, -0.25) is 9.48 Å². The van der Waals surface area contributed by atoms with Crippen molar-refractivity contribution in [3.05, 3.63) is 46.2 Å². The molecule has 6 heteroatoms. The number of thiazole rings is 1. The number of nitrogens with zero attached hydrogens (tertiary/aromatic N) is 4. The molecule has 2 heterocycles. The van der Waals surface area contributed by atoms with Crippen LogP contribution in [0.25, 0.3) is 10.2 Å². The fraction of sp³-hybridized carbons (Fsp3) is 0.476. The van der Waals surface area contributed by atoms with E-state index in [9.17, 15) is 4.79 Å². The van der Waals surface area contributed by atoms with E-state index in [1.54, 1.807) is 16.2 Å². The molecule has 0 radical (unpaired) electrons. The summed E-state index contributed by atoms with van der Waals surface area (Å²) in [6.07, 6.45) is 0.376. The first-order chi connectivity index (χ1) is 12.8. The van der Waals surface area contributed by atoms with E-state index in [1.165, 1.54) is 0 Å². The number of hydrogen-bond acceptors (Lipinski definition) is 4. The van der Waals surface area contributed by atoms with Crippen molar-refractivity contribution in [3.8, 4) is 0 Å². The standard InChI is InChI=1S/C21H28N4OS/c1-13(2)12-25-15(4)17(14(3)23-25)11-20(26)24(6)16(5)21-22-18-9-7-8-10-19(18)27-21/h7-10,13,16H,11-12H2,1-6H3/t16-/m1/s1. The molecular formula is C21H28N4OS. The van der Waals surface area contributed by atoms with E-state index in [0.717, 1.165) is 38.7 Å². The van der Waals surface area contributed by atoms with Crippen LogP contribution in [-0.4, -0.2) is 32.6 Å².